The summed E-state index contributed by atoms with van der Waals surface area (Å²) in [7, 11) is 0. The lowest BCUT2D eigenvalue weighted by molar-refractivity contribution is -0.128. The van der Waals surface area contributed by atoms with Gasteiger partial charge in [-0.1, -0.05) is 23.7 Å². The molecule has 0 fully saturated rings. The normalized spacial score (nSPS) is 13.6. The fourth-order valence-corrected chi connectivity index (χ4v) is 2.87. The number of rotatable bonds is 6. The number of hydrogen-bond donors (Lipinski definition) is 1. The molecule has 27 heavy (non-hydrogen) atoms. The first kappa shape index (κ1) is 19.1. The van der Waals surface area contributed by atoms with E-state index in [1.807, 2.05) is 0 Å². The predicted molar refractivity (Wildman–Crippen MR) is 99.1 cm³/mol. The van der Waals surface area contributed by atoms with Gasteiger partial charge in [-0.3, -0.25) is 9.36 Å². The zero-order chi connectivity index (χ0) is 19.6. The van der Waals surface area contributed by atoms with Crippen molar-refractivity contribution in [3.05, 3.63) is 59.4 Å². The molecule has 2 unspecified atom stereocenters. The number of alkyl halides is 2. The molecule has 5 nitrogen and oxygen atoms in total. The molecular weight excluding hydrogens is 376 g/mol. The van der Waals surface area contributed by atoms with Crippen LogP contribution in [-0.4, -0.2) is 21.6 Å². The maximum Gasteiger partial charge on any atom is 0.320 e. The van der Waals surface area contributed by atoms with Crippen LogP contribution in [0.5, 0.6) is 5.75 Å². The topological polar surface area (TPSA) is 56.1 Å². The van der Waals surface area contributed by atoms with E-state index >= 15 is 0 Å². The first-order valence-electron chi connectivity index (χ1n) is 8.34. The number of carbonyl (C=O) groups is 1. The molecule has 0 aliphatic heterocycles. The first-order valence-corrected chi connectivity index (χ1v) is 8.72. The third-order valence-corrected chi connectivity index (χ3v) is 4.31. The number of benzene rings is 2. The number of nitrogens with one attached hydrogen (secondary N) is 1. The van der Waals surface area contributed by atoms with Crippen LogP contribution < -0.4 is 10.1 Å². The third kappa shape index (κ3) is 4.19. The number of aromatic nitrogens is 2. The quantitative estimate of drug-likeness (QED) is 0.658. The summed E-state index contributed by atoms with van der Waals surface area (Å²) in [6.07, 6.45) is -0.821. The minimum absolute atomic E-state index is 0.0817. The summed E-state index contributed by atoms with van der Waals surface area (Å²) >= 11 is 5.82. The van der Waals surface area contributed by atoms with Gasteiger partial charge in [0.25, 0.3) is 5.91 Å². The second kappa shape index (κ2) is 7.92. The highest BCUT2D eigenvalue weighted by molar-refractivity contribution is 6.30. The Kier molecular flexibility index (Phi) is 5.60. The van der Waals surface area contributed by atoms with E-state index in [2.05, 4.69) is 10.3 Å². The fraction of sp³-hybridized carbons (Fsp3) is 0.263. The monoisotopic (exact) mass is 393 g/mol. The molecule has 1 heterocycles. The fourth-order valence-electron chi connectivity index (χ4n) is 2.74. The zero-order valence-corrected chi connectivity index (χ0v) is 15.5. The van der Waals surface area contributed by atoms with Gasteiger partial charge >= 0.3 is 6.55 Å². The van der Waals surface area contributed by atoms with Crippen LogP contribution in [0, 0.1) is 0 Å². The lowest BCUT2D eigenvalue weighted by Crippen LogP contribution is -2.38. The molecule has 0 spiro atoms. The molecule has 0 aliphatic carbocycles. The molecule has 142 valence electrons. The van der Waals surface area contributed by atoms with E-state index in [0.717, 1.165) is 4.57 Å². The van der Waals surface area contributed by atoms with Crippen molar-refractivity contribution in [2.24, 2.45) is 0 Å². The van der Waals surface area contributed by atoms with E-state index in [4.69, 9.17) is 16.3 Å². The molecule has 1 aromatic heterocycles. The van der Waals surface area contributed by atoms with Gasteiger partial charge in [-0.05, 0) is 50.2 Å². The van der Waals surface area contributed by atoms with Crippen molar-refractivity contribution in [3.63, 3.8) is 0 Å². The Bertz CT molecular complexity index is 944. The number of amides is 1. The summed E-state index contributed by atoms with van der Waals surface area (Å²) in [4.78, 5) is 16.7. The van der Waals surface area contributed by atoms with Crippen LogP contribution in [0.15, 0.2) is 48.5 Å². The maximum atomic E-state index is 13.5. The second-order valence-corrected chi connectivity index (χ2v) is 6.49. The van der Waals surface area contributed by atoms with Gasteiger partial charge in [0.15, 0.2) is 6.10 Å². The molecule has 3 rings (SSSR count). The highest BCUT2D eigenvalue weighted by atomic mass is 35.5. The molecule has 0 radical (unpaired) electrons. The van der Waals surface area contributed by atoms with Crippen LogP contribution in [0.25, 0.3) is 11.0 Å². The van der Waals surface area contributed by atoms with Crippen LogP contribution in [0.2, 0.25) is 5.02 Å². The number of imidazole rings is 1. The Morgan fingerprint density at radius 2 is 1.81 bits per heavy atom. The van der Waals surface area contributed by atoms with E-state index < -0.39 is 24.6 Å². The number of para-hydroxylation sites is 2. The number of halogens is 3. The molecule has 8 heteroatoms. The molecule has 1 N–H and O–H groups in total. The Labute approximate surface area is 159 Å². The van der Waals surface area contributed by atoms with Gasteiger partial charge in [0.1, 0.15) is 11.6 Å². The van der Waals surface area contributed by atoms with Crippen LogP contribution in [0.1, 0.15) is 32.3 Å². The van der Waals surface area contributed by atoms with E-state index in [0.29, 0.717) is 21.8 Å². The molecule has 0 aliphatic rings. The van der Waals surface area contributed by atoms with Crippen molar-refractivity contribution < 1.29 is 18.3 Å². The summed E-state index contributed by atoms with van der Waals surface area (Å²) in [5.41, 5.74) is 0.758. The van der Waals surface area contributed by atoms with Gasteiger partial charge in [-0.25, -0.2) is 4.98 Å². The van der Waals surface area contributed by atoms with Gasteiger partial charge in [0.2, 0.25) is 0 Å². The molecule has 0 bridgehead atoms. The summed E-state index contributed by atoms with van der Waals surface area (Å²) in [6, 6.07) is 12.5. The summed E-state index contributed by atoms with van der Waals surface area (Å²) in [6.45, 7) is 0.411. The predicted octanol–water partition coefficient (Wildman–Crippen LogP) is 4.73. The van der Waals surface area contributed by atoms with Gasteiger partial charge in [-0.15, -0.1) is 0 Å². The van der Waals surface area contributed by atoms with Crippen molar-refractivity contribution in [1.29, 1.82) is 0 Å². The number of nitrogens with zero attached hydrogens (tertiary/aromatic N) is 2. The average Bonchev–Trinajstić information content (AvgIpc) is 3.03. The van der Waals surface area contributed by atoms with Crippen molar-refractivity contribution in [3.8, 4) is 5.75 Å². The third-order valence-electron chi connectivity index (χ3n) is 4.06. The first-order chi connectivity index (χ1) is 12.9. The van der Waals surface area contributed by atoms with Crippen molar-refractivity contribution in [1.82, 2.24) is 14.9 Å². The number of ether oxygens (including phenoxy) is 1. The molecule has 0 saturated heterocycles. The van der Waals surface area contributed by atoms with Gasteiger partial charge < -0.3 is 10.1 Å². The Morgan fingerprint density at radius 3 is 2.48 bits per heavy atom. The number of fused-ring (bicyclic) bond motifs is 1. The van der Waals surface area contributed by atoms with Crippen LogP contribution in [0.4, 0.5) is 8.78 Å². The van der Waals surface area contributed by atoms with Crippen molar-refractivity contribution >= 4 is 28.5 Å². The highest BCUT2D eigenvalue weighted by Crippen LogP contribution is 2.26. The Hall–Kier alpha value is -2.67. The molecule has 2 aromatic carbocycles. The lowest BCUT2D eigenvalue weighted by Gasteiger charge is -2.19. The second-order valence-electron chi connectivity index (χ2n) is 6.05. The average molecular weight is 394 g/mol. The Morgan fingerprint density at radius 1 is 1.15 bits per heavy atom. The van der Waals surface area contributed by atoms with Crippen LogP contribution >= 0.6 is 11.6 Å². The van der Waals surface area contributed by atoms with E-state index in [1.165, 1.54) is 0 Å². The van der Waals surface area contributed by atoms with Crippen molar-refractivity contribution in [2.75, 3.05) is 0 Å². The SMILES string of the molecule is CC(Oc1ccc(Cl)cc1)C(=O)NC(C)c1nc2ccccc2n1C(F)F. The van der Waals surface area contributed by atoms with E-state index in [-0.39, 0.29) is 5.82 Å². The standard InChI is InChI=1S/C19H18ClF2N3O2/c1-11(17-24-15-5-3-4-6-16(15)25(17)19(21)22)23-18(26)12(2)27-14-9-7-13(20)8-10-14/h3-12,19H,1-2H3,(H,23,26). The molecule has 2 atom stereocenters. The van der Waals surface area contributed by atoms with Crippen LogP contribution in [0.3, 0.4) is 0 Å². The van der Waals surface area contributed by atoms with Gasteiger partial charge in [0, 0.05) is 5.02 Å². The number of carbonyl (C=O) groups excluding carboxylic acids is 1. The molecular formula is C19H18ClF2N3O2. The summed E-state index contributed by atoms with van der Waals surface area (Å²) in [5.74, 6) is 0.123. The minimum Gasteiger partial charge on any atom is -0.481 e. The van der Waals surface area contributed by atoms with E-state index in [9.17, 15) is 13.6 Å². The van der Waals surface area contributed by atoms with Crippen molar-refractivity contribution in [2.45, 2.75) is 32.5 Å². The molecule has 3 aromatic rings. The van der Waals surface area contributed by atoms with Gasteiger partial charge in [0.05, 0.1) is 17.1 Å². The Balaban J connectivity index is 1.75. The summed E-state index contributed by atoms with van der Waals surface area (Å²) in [5, 5.41) is 3.23. The summed E-state index contributed by atoms with van der Waals surface area (Å²) < 4.78 is 33.5. The van der Waals surface area contributed by atoms with Gasteiger partial charge in [-0.2, -0.15) is 8.78 Å². The largest absolute Gasteiger partial charge is 0.481 e. The van der Waals surface area contributed by atoms with E-state index in [1.54, 1.807) is 62.4 Å². The highest BCUT2D eigenvalue weighted by Gasteiger charge is 2.25. The maximum absolute atomic E-state index is 13.5. The molecule has 0 saturated carbocycles. The zero-order valence-electron chi connectivity index (χ0n) is 14.7. The lowest BCUT2D eigenvalue weighted by atomic mass is 10.2. The van der Waals surface area contributed by atoms with Crippen LogP contribution in [-0.2, 0) is 4.79 Å². The minimum atomic E-state index is -2.77. The number of hydrogen-bond acceptors (Lipinski definition) is 3. The smallest absolute Gasteiger partial charge is 0.320 e. The molecule has 1 amide bonds.